The number of hydrogen-bond donors (Lipinski definition) is 1. The molecule has 0 radical (unpaired) electrons. The van der Waals surface area contributed by atoms with Crippen LogP contribution in [-0.2, 0) is 0 Å². The monoisotopic (exact) mass is 259 g/mol. The number of aryl methyl sites for hydroxylation is 1. The maximum Gasteiger partial charge on any atom is 0.0346 e. The highest BCUT2D eigenvalue weighted by molar-refractivity contribution is 5.25. The topological polar surface area (TPSA) is 12.0 Å². The predicted molar refractivity (Wildman–Crippen MR) is 83.3 cm³/mol. The molecule has 0 amide bonds. The van der Waals surface area contributed by atoms with Gasteiger partial charge in [-0.15, -0.1) is 0 Å². The van der Waals surface area contributed by atoms with Gasteiger partial charge >= 0.3 is 0 Å². The molecule has 0 spiro atoms. The molecule has 1 aromatic carbocycles. The summed E-state index contributed by atoms with van der Waals surface area (Å²) >= 11 is 0. The molecule has 1 fully saturated rings. The van der Waals surface area contributed by atoms with Crippen LogP contribution < -0.4 is 5.32 Å². The molecule has 1 atom stereocenters. The lowest BCUT2D eigenvalue weighted by Crippen LogP contribution is -2.29. The van der Waals surface area contributed by atoms with Gasteiger partial charge in [-0.1, -0.05) is 43.7 Å². The minimum Gasteiger partial charge on any atom is -0.313 e. The molecule has 19 heavy (non-hydrogen) atoms. The molecule has 1 aliphatic rings. The van der Waals surface area contributed by atoms with Crippen molar-refractivity contribution in [3.05, 3.63) is 35.4 Å². The molecule has 0 bridgehead atoms. The van der Waals surface area contributed by atoms with Gasteiger partial charge in [0.25, 0.3) is 0 Å². The molecule has 0 aliphatic heterocycles. The summed E-state index contributed by atoms with van der Waals surface area (Å²) in [5.41, 5.74) is 2.84. The van der Waals surface area contributed by atoms with Gasteiger partial charge in [-0.2, -0.15) is 0 Å². The van der Waals surface area contributed by atoms with Crippen LogP contribution in [0, 0.1) is 24.7 Å². The van der Waals surface area contributed by atoms with Crippen molar-refractivity contribution in [1.82, 2.24) is 5.32 Å². The van der Waals surface area contributed by atoms with Crippen LogP contribution in [0.2, 0.25) is 0 Å². The molecule has 106 valence electrons. The lowest BCUT2D eigenvalue weighted by molar-refractivity contribution is 0.192. The van der Waals surface area contributed by atoms with Gasteiger partial charge in [0.1, 0.15) is 0 Å². The molecule has 1 aromatic rings. The molecule has 0 heterocycles. The predicted octanol–water partition coefficient (Wildman–Crippen LogP) is 4.72. The Labute approximate surface area is 118 Å². The van der Waals surface area contributed by atoms with E-state index in [1.54, 1.807) is 0 Å². The van der Waals surface area contributed by atoms with Crippen LogP contribution in [0.15, 0.2) is 24.3 Å². The zero-order chi connectivity index (χ0) is 13.8. The van der Waals surface area contributed by atoms with E-state index in [-0.39, 0.29) is 0 Å². The Morgan fingerprint density at radius 1 is 1.05 bits per heavy atom. The summed E-state index contributed by atoms with van der Waals surface area (Å²) in [7, 11) is 2.11. The average molecular weight is 259 g/mol. The third kappa shape index (κ3) is 3.60. The molecule has 1 saturated carbocycles. The smallest absolute Gasteiger partial charge is 0.0346 e. The van der Waals surface area contributed by atoms with Crippen LogP contribution in [0.4, 0.5) is 0 Å². The largest absolute Gasteiger partial charge is 0.313 e. The van der Waals surface area contributed by atoms with E-state index in [1.807, 2.05) is 0 Å². The van der Waals surface area contributed by atoms with Crippen molar-refractivity contribution in [3.63, 3.8) is 0 Å². The van der Waals surface area contributed by atoms with Crippen LogP contribution in [0.1, 0.15) is 56.7 Å². The fourth-order valence-electron chi connectivity index (χ4n) is 3.68. The molecular formula is C18H29N. The first-order valence-corrected chi connectivity index (χ1v) is 7.85. The normalized spacial score (nSPS) is 25.5. The van der Waals surface area contributed by atoms with Gasteiger partial charge in [0.15, 0.2) is 0 Å². The summed E-state index contributed by atoms with van der Waals surface area (Å²) in [6.07, 6.45) is 5.57. The second-order valence-corrected chi connectivity index (χ2v) is 6.60. The van der Waals surface area contributed by atoms with Gasteiger partial charge in [0.2, 0.25) is 0 Å². The van der Waals surface area contributed by atoms with Crippen molar-refractivity contribution in [1.29, 1.82) is 0 Å². The SMILES string of the molecule is CNC(c1cccc(C)c1)C1CCC(C(C)C)CC1. The molecule has 1 unspecified atom stereocenters. The number of rotatable bonds is 4. The minimum atomic E-state index is 0.535. The van der Waals surface area contributed by atoms with Gasteiger partial charge < -0.3 is 5.32 Å². The summed E-state index contributed by atoms with van der Waals surface area (Å²) in [5.74, 6) is 2.61. The van der Waals surface area contributed by atoms with E-state index < -0.39 is 0 Å². The number of nitrogens with one attached hydrogen (secondary N) is 1. The second-order valence-electron chi connectivity index (χ2n) is 6.60. The van der Waals surface area contributed by atoms with Crippen molar-refractivity contribution in [3.8, 4) is 0 Å². The van der Waals surface area contributed by atoms with Gasteiger partial charge in [0, 0.05) is 6.04 Å². The highest BCUT2D eigenvalue weighted by Crippen LogP contribution is 2.39. The molecule has 0 aromatic heterocycles. The Kier molecular flexibility index (Phi) is 5.04. The standard InChI is InChI=1S/C18H29N/c1-13(2)15-8-10-16(11-9-15)18(19-4)17-7-5-6-14(3)12-17/h5-7,12-13,15-16,18-19H,8-11H2,1-4H3. The Balaban J connectivity index is 2.03. The van der Waals surface area contributed by atoms with E-state index in [9.17, 15) is 0 Å². The summed E-state index contributed by atoms with van der Waals surface area (Å²) in [6, 6.07) is 9.53. The minimum absolute atomic E-state index is 0.535. The molecular weight excluding hydrogens is 230 g/mol. The first-order valence-electron chi connectivity index (χ1n) is 7.85. The van der Waals surface area contributed by atoms with E-state index in [4.69, 9.17) is 0 Å². The van der Waals surface area contributed by atoms with Crippen molar-refractivity contribution >= 4 is 0 Å². The summed E-state index contributed by atoms with van der Waals surface area (Å²) in [5, 5.41) is 3.56. The fraction of sp³-hybridized carbons (Fsp3) is 0.667. The van der Waals surface area contributed by atoms with Gasteiger partial charge in [0.05, 0.1) is 0 Å². The number of benzene rings is 1. The molecule has 1 nitrogen and oxygen atoms in total. The third-order valence-electron chi connectivity index (χ3n) is 4.94. The molecule has 2 rings (SSSR count). The molecule has 1 heteroatoms. The van der Waals surface area contributed by atoms with Crippen LogP contribution in [0.3, 0.4) is 0 Å². The Bertz CT molecular complexity index is 388. The Morgan fingerprint density at radius 3 is 2.21 bits per heavy atom. The van der Waals surface area contributed by atoms with Crippen molar-refractivity contribution in [2.24, 2.45) is 17.8 Å². The lowest BCUT2D eigenvalue weighted by atomic mass is 9.73. The van der Waals surface area contributed by atoms with E-state index in [0.29, 0.717) is 6.04 Å². The summed E-state index contributed by atoms with van der Waals surface area (Å²) in [4.78, 5) is 0. The van der Waals surface area contributed by atoms with Crippen molar-refractivity contribution < 1.29 is 0 Å². The average Bonchev–Trinajstić information content (AvgIpc) is 2.40. The molecule has 1 N–H and O–H groups in total. The van der Waals surface area contributed by atoms with E-state index in [0.717, 1.165) is 17.8 Å². The molecule has 1 aliphatic carbocycles. The van der Waals surface area contributed by atoms with Gasteiger partial charge in [-0.3, -0.25) is 0 Å². The lowest BCUT2D eigenvalue weighted by Gasteiger charge is -2.35. The van der Waals surface area contributed by atoms with Crippen LogP contribution in [0.25, 0.3) is 0 Å². The number of hydrogen-bond acceptors (Lipinski definition) is 1. The zero-order valence-electron chi connectivity index (χ0n) is 12.9. The maximum atomic E-state index is 3.56. The van der Waals surface area contributed by atoms with Crippen LogP contribution >= 0.6 is 0 Å². The summed E-state index contributed by atoms with van der Waals surface area (Å²) in [6.45, 7) is 6.94. The van der Waals surface area contributed by atoms with Crippen LogP contribution in [-0.4, -0.2) is 7.05 Å². The van der Waals surface area contributed by atoms with Gasteiger partial charge in [-0.25, -0.2) is 0 Å². The Hall–Kier alpha value is -0.820. The van der Waals surface area contributed by atoms with E-state index in [2.05, 4.69) is 57.4 Å². The second kappa shape index (κ2) is 6.56. The third-order valence-corrected chi connectivity index (χ3v) is 4.94. The van der Waals surface area contributed by atoms with Crippen LogP contribution in [0.5, 0.6) is 0 Å². The van der Waals surface area contributed by atoms with Crippen molar-refractivity contribution in [2.45, 2.75) is 52.5 Å². The van der Waals surface area contributed by atoms with E-state index in [1.165, 1.54) is 36.8 Å². The van der Waals surface area contributed by atoms with E-state index >= 15 is 0 Å². The maximum absolute atomic E-state index is 3.56. The Morgan fingerprint density at radius 2 is 1.68 bits per heavy atom. The quantitative estimate of drug-likeness (QED) is 0.825. The zero-order valence-corrected chi connectivity index (χ0v) is 12.9. The van der Waals surface area contributed by atoms with Crippen molar-refractivity contribution in [2.75, 3.05) is 7.05 Å². The highest BCUT2D eigenvalue weighted by atomic mass is 14.9. The molecule has 0 saturated heterocycles. The van der Waals surface area contributed by atoms with Gasteiger partial charge in [-0.05, 0) is 63.0 Å². The first kappa shape index (κ1) is 14.6. The highest BCUT2D eigenvalue weighted by Gasteiger charge is 2.28. The first-order chi connectivity index (χ1) is 9.11. The fourth-order valence-corrected chi connectivity index (χ4v) is 3.68. The summed E-state index contributed by atoms with van der Waals surface area (Å²) < 4.78 is 0.